The maximum atomic E-state index is 13.7. The van der Waals surface area contributed by atoms with Crippen molar-refractivity contribution >= 4 is 23.6 Å². The highest BCUT2D eigenvalue weighted by Crippen LogP contribution is 2.42. The molecule has 2 aliphatic heterocycles. The largest absolute Gasteiger partial charge is 0.479 e. The first-order valence-electron chi connectivity index (χ1n) is 9.98. The molecule has 170 valence electrons. The molecule has 3 fully saturated rings. The SMILES string of the molecule is O=C1N[C@]2(CO1)C[C@H](C(=O)N1CCC(C(Oc3ccc(F)cc3Cl)C(F)(F)F)CC1)C2. The van der Waals surface area contributed by atoms with Gasteiger partial charge in [-0.2, -0.15) is 13.2 Å². The van der Waals surface area contributed by atoms with Crippen LogP contribution in [-0.4, -0.2) is 54.4 Å². The number of alkyl carbamates (subject to hydrolysis) is 1. The van der Waals surface area contributed by atoms with Gasteiger partial charge < -0.3 is 19.7 Å². The topological polar surface area (TPSA) is 67.9 Å². The average molecular weight is 465 g/mol. The van der Waals surface area contributed by atoms with Gasteiger partial charge in [-0.15, -0.1) is 0 Å². The number of rotatable bonds is 4. The van der Waals surface area contributed by atoms with Gasteiger partial charge in [0.2, 0.25) is 5.91 Å². The Morgan fingerprint density at radius 3 is 2.52 bits per heavy atom. The fourth-order valence-corrected chi connectivity index (χ4v) is 4.80. The van der Waals surface area contributed by atoms with Crippen molar-refractivity contribution in [1.82, 2.24) is 10.2 Å². The molecular formula is C20H21ClF4N2O4. The van der Waals surface area contributed by atoms with Gasteiger partial charge in [0.25, 0.3) is 0 Å². The van der Waals surface area contributed by atoms with Crippen molar-refractivity contribution in [2.24, 2.45) is 11.8 Å². The van der Waals surface area contributed by atoms with Gasteiger partial charge in [0.1, 0.15) is 18.2 Å². The van der Waals surface area contributed by atoms with E-state index in [0.29, 0.717) is 12.8 Å². The number of carbonyl (C=O) groups is 2. The molecule has 1 atom stereocenters. The Bertz CT molecular complexity index is 867. The molecule has 6 nitrogen and oxygen atoms in total. The second kappa shape index (κ2) is 8.03. The molecule has 1 aliphatic carbocycles. The Labute approximate surface area is 180 Å². The summed E-state index contributed by atoms with van der Waals surface area (Å²) in [5.74, 6) is -2.15. The number of hydrogen-bond donors (Lipinski definition) is 1. The molecule has 2 saturated heterocycles. The van der Waals surface area contributed by atoms with E-state index in [2.05, 4.69) is 5.32 Å². The molecule has 1 unspecified atom stereocenters. The number of nitrogens with zero attached hydrogens (tertiary/aromatic N) is 1. The maximum Gasteiger partial charge on any atom is 0.425 e. The van der Waals surface area contributed by atoms with Crippen LogP contribution in [0.15, 0.2) is 18.2 Å². The van der Waals surface area contributed by atoms with Crippen LogP contribution >= 0.6 is 11.6 Å². The minimum absolute atomic E-state index is 0.115. The number of amides is 2. The van der Waals surface area contributed by atoms with Crippen molar-refractivity contribution in [3.8, 4) is 5.75 Å². The highest BCUT2D eigenvalue weighted by atomic mass is 35.5. The lowest BCUT2D eigenvalue weighted by Gasteiger charge is -2.45. The molecule has 1 saturated carbocycles. The van der Waals surface area contributed by atoms with Gasteiger partial charge in [0.05, 0.1) is 10.6 Å². The number of likely N-dealkylation sites (tertiary alicyclic amines) is 1. The number of benzene rings is 1. The van der Waals surface area contributed by atoms with Crippen LogP contribution in [0.1, 0.15) is 25.7 Å². The van der Waals surface area contributed by atoms with E-state index in [1.165, 1.54) is 0 Å². The number of ether oxygens (including phenoxy) is 2. The second-order valence-corrected chi connectivity index (χ2v) is 8.81. The molecule has 0 aromatic heterocycles. The first kappa shape index (κ1) is 22.0. The lowest BCUT2D eigenvalue weighted by molar-refractivity contribution is -0.214. The number of nitrogens with one attached hydrogen (secondary N) is 1. The Morgan fingerprint density at radius 2 is 1.97 bits per heavy atom. The number of halogens is 5. The number of alkyl halides is 3. The van der Waals surface area contributed by atoms with Crippen LogP contribution in [0.25, 0.3) is 0 Å². The molecular weight excluding hydrogens is 444 g/mol. The number of cyclic esters (lactones) is 1. The second-order valence-electron chi connectivity index (χ2n) is 8.40. The molecule has 1 spiro atoms. The summed E-state index contributed by atoms with van der Waals surface area (Å²) < 4.78 is 64.3. The summed E-state index contributed by atoms with van der Waals surface area (Å²) in [7, 11) is 0. The van der Waals surface area contributed by atoms with E-state index in [1.54, 1.807) is 4.90 Å². The summed E-state index contributed by atoms with van der Waals surface area (Å²) in [5, 5.41) is 2.48. The summed E-state index contributed by atoms with van der Waals surface area (Å²) >= 11 is 5.82. The highest BCUT2D eigenvalue weighted by Gasteiger charge is 2.54. The molecule has 11 heteroatoms. The summed E-state index contributed by atoms with van der Waals surface area (Å²) in [5.41, 5.74) is -0.487. The molecule has 2 heterocycles. The van der Waals surface area contributed by atoms with Gasteiger partial charge in [-0.25, -0.2) is 9.18 Å². The lowest BCUT2D eigenvalue weighted by atomic mass is 9.68. The fourth-order valence-electron chi connectivity index (χ4n) is 4.59. The Kier molecular flexibility index (Phi) is 5.70. The number of hydrogen-bond acceptors (Lipinski definition) is 4. The van der Waals surface area contributed by atoms with Crippen molar-refractivity contribution in [2.45, 2.75) is 43.5 Å². The van der Waals surface area contributed by atoms with Crippen molar-refractivity contribution in [3.63, 3.8) is 0 Å². The quantitative estimate of drug-likeness (QED) is 0.686. The van der Waals surface area contributed by atoms with Crippen molar-refractivity contribution in [1.29, 1.82) is 0 Å². The molecule has 31 heavy (non-hydrogen) atoms. The van der Waals surface area contributed by atoms with Crippen LogP contribution in [0.4, 0.5) is 22.4 Å². The predicted molar refractivity (Wildman–Crippen MR) is 101 cm³/mol. The third-order valence-electron chi connectivity index (χ3n) is 6.22. The molecule has 2 amide bonds. The van der Waals surface area contributed by atoms with Gasteiger partial charge >= 0.3 is 12.3 Å². The summed E-state index contributed by atoms with van der Waals surface area (Å²) in [6, 6.07) is 2.96. The molecule has 1 aromatic carbocycles. The third kappa shape index (κ3) is 4.53. The van der Waals surface area contributed by atoms with Crippen LogP contribution in [0.3, 0.4) is 0 Å². The third-order valence-corrected chi connectivity index (χ3v) is 6.52. The van der Waals surface area contributed by atoms with Crippen LogP contribution in [-0.2, 0) is 9.53 Å². The molecule has 0 bridgehead atoms. The molecule has 3 aliphatic rings. The smallest absolute Gasteiger partial charge is 0.425 e. The zero-order valence-electron chi connectivity index (χ0n) is 16.4. The van der Waals surface area contributed by atoms with Gasteiger partial charge in [0.15, 0.2) is 6.10 Å². The summed E-state index contributed by atoms with van der Waals surface area (Å²) in [6.07, 6.45) is -6.07. The monoisotopic (exact) mass is 464 g/mol. The van der Waals surface area contributed by atoms with Crippen LogP contribution < -0.4 is 10.1 Å². The minimum atomic E-state index is -4.64. The Morgan fingerprint density at radius 1 is 1.29 bits per heavy atom. The van der Waals surface area contributed by atoms with Gasteiger partial charge in [-0.05, 0) is 43.9 Å². The first-order valence-corrected chi connectivity index (χ1v) is 10.4. The van der Waals surface area contributed by atoms with E-state index in [9.17, 15) is 27.2 Å². The van der Waals surface area contributed by atoms with Crippen molar-refractivity contribution < 1.29 is 36.6 Å². The normalized spacial score (nSPS) is 27.5. The van der Waals surface area contributed by atoms with E-state index in [4.69, 9.17) is 21.1 Å². The van der Waals surface area contributed by atoms with Crippen LogP contribution in [0.2, 0.25) is 5.02 Å². The standard InChI is InChI=1S/C20H21ClF4N2O4/c21-14-7-13(22)1-2-15(14)31-16(20(23,24)25)11-3-5-27(6-4-11)17(28)12-8-19(9-12)10-30-18(29)26-19/h1-2,7,11-12,16H,3-6,8-10H2,(H,26,29)/t12-,16?,19+. The molecule has 0 radical (unpaired) electrons. The van der Waals surface area contributed by atoms with Gasteiger partial charge in [-0.3, -0.25) is 4.79 Å². The van der Waals surface area contributed by atoms with E-state index >= 15 is 0 Å². The van der Waals surface area contributed by atoms with E-state index in [-0.39, 0.29) is 55.1 Å². The molecule has 4 rings (SSSR count). The molecule has 1 N–H and O–H groups in total. The maximum absolute atomic E-state index is 13.7. The first-order chi connectivity index (χ1) is 14.6. The zero-order valence-corrected chi connectivity index (χ0v) is 17.1. The Balaban J connectivity index is 1.34. The van der Waals surface area contributed by atoms with E-state index in [1.807, 2.05) is 0 Å². The lowest BCUT2D eigenvalue weighted by Crippen LogP contribution is -2.59. The molecule has 1 aromatic rings. The Hall–Kier alpha value is -2.23. The fraction of sp³-hybridized carbons (Fsp3) is 0.600. The van der Waals surface area contributed by atoms with E-state index < -0.39 is 35.6 Å². The van der Waals surface area contributed by atoms with Crippen LogP contribution in [0, 0.1) is 17.7 Å². The summed E-state index contributed by atoms with van der Waals surface area (Å²) in [6.45, 7) is 0.597. The zero-order chi connectivity index (χ0) is 22.4. The summed E-state index contributed by atoms with van der Waals surface area (Å²) in [4.78, 5) is 25.5. The average Bonchev–Trinajstić information content (AvgIpc) is 3.07. The number of piperidine rings is 1. The number of carbonyl (C=O) groups excluding carboxylic acids is 2. The van der Waals surface area contributed by atoms with Crippen LogP contribution in [0.5, 0.6) is 5.75 Å². The minimum Gasteiger partial charge on any atom is -0.479 e. The van der Waals surface area contributed by atoms with Gasteiger partial charge in [0, 0.05) is 24.9 Å². The van der Waals surface area contributed by atoms with Crippen molar-refractivity contribution in [3.05, 3.63) is 29.0 Å². The van der Waals surface area contributed by atoms with E-state index in [0.717, 1.165) is 18.2 Å². The van der Waals surface area contributed by atoms with Crippen molar-refractivity contribution in [2.75, 3.05) is 19.7 Å². The van der Waals surface area contributed by atoms with Gasteiger partial charge in [-0.1, -0.05) is 11.6 Å². The highest BCUT2D eigenvalue weighted by molar-refractivity contribution is 6.32. The predicted octanol–water partition coefficient (Wildman–Crippen LogP) is 3.92.